The second-order valence-corrected chi connectivity index (χ2v) is 4.36. The molecule has 1 atom stereocenters. The summed E-state index contributed by atoms with van der Waals surface area (Å²) in [7, 11) is 5.37. The predicted octanol–water partition coefficient (Wildman–Crippen LogP) is 2.56. The van der Waals surface area contributed by atoms with Crippen LogP contribution in [0.5, 0.6) is 5.75 Å². The summed E-state index contributed by atoms with van der Waals surface area (Å²) in [5, 5.41) is 3.34. The van der Waals surface area contributed by atoms with Gasteiger partial charge in [0, 0.05) is 13.3 Å². The van der Waals surface area contributed by atoms with Crippen molar-refractivity contribution in [2.75, 3.05) is 21.3 Å². The first-order chi connectivity index (χ1) is 8.67. The molecule has 1 aromatic heterocycles. The molecule has 0 saturated heterocycles. The van der Waals surface area contributed by atoms with Gasteiger partial charge in [-0.1, -0.05) is 13.8 Å². The first-order valence-corrected chi connectivity index (χ1v) is 6.38. The number of rotatable bonds is 7. The van der Waals surface area contributed by atoms with Gasteiger partial charge in [0.05, 0.1) is 24.9 Å². The number of methoxy groups -OCH3 is 2. The molecule has 0 bridgehead atoms. The van der Waals surface area contributed by atoms with Gasteiger partial charge in [-0.3, -0.25) is 4.98 Å². The van der Waals surface area contributed by atoms with E-state index in [0.717, 1.165) is 24.2 Å². The second-order valence-electron chi connectivity index (χ2n) is 4.36. The molecule has 0 saturated carbocycles. The van der Waals surface area contributed by atoms with Crippen LogP contribution in [-0.2, 0) is 4.74 Å². The SMILES string of the molecule is CCC(CC)(OC)C(NC)c1cncc(OC)c1. The summed E-state index contributed by atoms with van der Waals surface area (Å²) in [6, 6.07) is 2.10. The first-order valence-electron chi connectivity index (χ1n) is 6.38. The lowest BCUT2D eigenvalue weighted by atomic mass is 9.84. The summed E-state index contributed by atoms with van der Waals surface area (Å²) in [5.41, 5.74) is 0.866. The molecule has 0 aliphatic rings. The number of ether oxygens (including phenoxy) is 2. The van der Waals surface area contributed by atoms with Crippen molar-refractivity contribution in [2.45, 2.75) is 38.3 Å². The van der Waals surface area contributed by atoms with Crippen LogP contribution in [0.15, 0.2) is 18.5 Å². The Balaban J connectivity index is 3.14. The van der Waals surface area contributed by atoms with E-state index in [-0.39, 0.29) is 11.6 Å². The van der Waals surface area contributed by atoms with Crippen LogP contribution >= 0.6 is 0 Å². The van der Waals surface area contributed by atoms with Crippen molar-refractivity contribution in [3.05, 3.63) is 24.0 Å². The molecule has 0 amide bonds. The van der Waals surface area contributed by atoms with Gasteiger partial charge in [0.15, 0.2) is 0 Å². The Morgan fingerprint density at radius 2 is 1.94 bits per heavy atom. The van der Waals surface area contributed by atoms with E-state index >= 15 is 0 Å². The van der Waals surface area contributed by atoms with Gasteiger partial charge in [-0.2, -0.15) is 0 Å². The monoisotopic (exact) mass is 252 g/mol. The summed E-state index contributed by atoms with van der Waals surface area (Å²) < 4.78 is 11.0. The van der Waals surface area contributed by atoms with Crippen molar-refractivity contribution in [1.29, 1.82) is 0 Å². The number of pyridine rings is 1. The Bertz CT molecular complexity index is 356. The minimum absolute atomic E-state index is 0.0973. The predicted molar refractivity (Wildman–Crippen MR) is 72.9 cm³/mol. The molecular formula is C14H24N2O2. The van der Waals surface area contributed by atoms with Crippen molar-refractivity contribution < 1.29 is 9.47 Å². The molecule has 1 N–H and O–H groups in total. The molecule has 0 aliphatic carbocycles. The number of nitrogens with zero attached hydrogens (tertiary/aromatic N) is 1. The zero-order valence-corrected chi connectivity index (χ0v) is 12.0. The van der Waals surface area contributed by atoms with Crippen LogP contribution in [0.2, 0.25) is 0 Å². The van der Waals surface area contributed by atoms with Crippen LogP contribution in [0, 0.1) is 0 Å². The third kappa shape index (κ3) is 2.82. The Morgan fingerprint density at radius 3 is 2.39 bits per heavy atom. The van der Waals surface area contributed by atoms with Gasteiger partial charge in [0.1, 0.15) is 5.75 Å². The zero-order valence-electron chi connectivity index (χ0n) is 12.0. The number of aromatic nitrogens is 1. The van der Waals surface area contributed by atoms with Gasteiger partial charge in [0.25, 0.3) is 0 Å². The Morgan fingerprint density at radius 1 is 1.28 bits per heavy atom. The van der Waals surface area contributed by atoms with Crippen molar-refractivity contribution in [3.8, 4) is 5.75 Å². The van der Waals surface area contributed by atoms with Crippen molar-refractivity contribution in [2.24, 2.45) is 0 Å². The lowest BCUT2D eigenvalue weighted by molar-refractivity contribution is -0.0468. The van der Waals surface area contributed by atoms with E-state index in [9.17, 15) is 0 Å². The van der Waals surface area contributed by atoms with Crippen LogP contribution in [0.25, 0.3) is 0 Å². The Hall–Kier alpha value is -1.13. The third-order valence-electron chi connectivity index (χ3n) is 3.72. The highest BCUT2D eigenvalue weighted by Crippen LogP contribution is 2.35. The van der Waals surface area contributed by atoms with E-state index in [1.165, 1.54) is 0 Å². The largest absolute Gasteiger partial charge is 0.495 e. The normalized spacial score (nSPS) is 13.4. The fraction of sp³-hybridized carbons (Fsp3) is 0.643. The molecule has 0 aromatic carbocycles. The van der Waals surface area contributed by atoms with E-state index < -0.39 is 0 Å². The lowest BCUT2D eigenvalue weighted by Crippen LogP contribution is -2.43. The second kappa shape index (κ2) is 6.71. The fourth-order valence-corrected chi connectivity index (χ4v) is 2.50. The fourth-order valence-electron chi connectivity index (χ4n) is 2.50. The molecule has 18 heavy (non-hydrogen) atoms. The number of likely N-dealkylation sites (N-methyl/N-ethyl adjacent to an activating group) is 1. The van der Waals surface area contributed by atoms with Crippen LogP contribution in [0.3, 0.4) is 0 Å². The Labute approximate surface area is 110 Å². The maximum atomic E-state index is 5.79. The highest BCUT2D eigenvalue weighted by atomic mass is 16.5. The molecule has 1 unspecified atom stereocenters. The van der Waals surface area contributed by atoms with Crippen LogP contribution in [-0.4, -0.2) is 31.9 Å². The average Bonchev–Trinajstić information content (AvgIpc) is 2.45. The maximum absolute atomic E-state index is 5.79. The number of hydrogen-bond donors (Lipinski definition) is 1. The number of hydrogen-bond acceptors (Lipinski definition) is 4. The van der Waals surface area contributed by atoms with Gasteiger partial charge in [0.2, 0.25) is 0 Å². The highest BCUT2D eigenvalue weighted by molar-refractivity contribution is 5.28. The minimum Gasteiger partial charge on any atom is -0.495 e. The molecule has 0 aliphatic heterocycles. The molecule has 0 fully saturated rings. The summed E-state index contributed by atoms with van der Waals surface area (Å²) in [6.45, 7) is 4.29. The standard InChI is InChI=1S/C14H24N2O2/c1-6-14(7-2,18-5)13(15-3)11-8-12(17-4)10-16-9-11/h8-10,13,15H,6-7H2,1-5H3. The van der Waals surface area contributed by atoms with Crippen molar-refractivity contribution in [1.82, 2.24) is 10.3 Å². The quantitative estimate of drug-likeness (QED) is 0.810. The molecule has 1 rings (SSSR count). The van der Waals surface area contributed by atoms with Gasteiger partial charge in [-0.05, 0) is 31.5 Å². The van der Waals surface area contributed by atoms with Gasteiger partial charge in [-0.25, -0.2) is 0 Å². The van der Waals surface area contributed by atoms with Crippen molar-refractivity contribution >= 4 is 0 Å². The summed E-state index contributed by atoms with van der Waals surface area (Å²) >= 11 is 0. The van der Waals surface area contributed by atoms with Crippen LogP contribution < -0.4 is 10.1 Å². The molecular weight excluding hydrogens is 228 g/mol. The van der Waals surface area contributed by atoms with Crippen molar-refractivity contribution in [3.63, 3.8) is 0 Å². The molecule has 102 valence electrons. The average molecular weight is 252 g/mol. The van der Waals surface area contributed by atoms with E-state index in [0.29, 0.717) is 0 Å². The molecule has 0 radical (unpaired) electrons. The zero-order chi connectivity index (χ0) is 13.6. The van der Waals surface area contributed by atoms with E-state index in [4.69, 9.17) is 9.47 Å². The van der Waals surface area contributed by atoms with E-state index in [1.54, 1.807) is 20.4 Å². The summed E-state index contributed by atoms with van der Waals surface area (Å²) in [4.78, 5) is 4.22. The van der Waals surface area contributed by atoms with Crippen LogP contribution in [0.1, 0.15) is 38.3 Å². The lowest BCUT2D eigenvalue weighted by Gasteiger charge is -2.38. The van der Waals surface area contributed by atoms with E-state index in [2.05, 4.69) is 24.1 Å². The smallest absolute Gasteiger partial charge is 0.137 e. The summed E-state index contributed by atoms with van der Waals surface area (Å²) in [6.07, 6.45) is 5.44. The van der Waals surface area contributed by atoms with Gasteiger partial charge < -0.3 is 14.8 Å². The highest BCUT2D eigenvalue weighted by Gasteiger charge is 2.36. The topological polar surface area (TPSA) is 43.4 Å². The number of nitrogens with one attached hydrogen (secondary N) is 1. The first kappa shape index (κ1) is 14.9. The van der Waals surface area contributed by atoms with Crippen LogP contribution in [0.4, 0.5) is 0 Å². The van der Waals surface area contributed by atoms with Gasteiger partial charge >= 0.3 is 0 Å². The molecule has 0 spiro atoms. The minimum atomic E-state index is -0.219. The molecule has 1 heterocycles. The molecule has 1 aromatic rings. The molecule has 4 heteroatoms. The molecule has 4 nitrogen and oxygen atoms in total. The maximum Gasteiger partial charge on any atom is 0.137 e. The summed E-state index contributed by atoms with van der Waals surface area (Å²) in [5.74, 6) is 0.768. The van der Waals surface area contributed by atoms with E-state index in [1.807, 2.05) is 19.3 Å². The Kier molecular flexibility index (Phi) is 5.56. The third-order valence-corrected chi connectivity index (χ3v) is 3.72. The van der Waals surface area contributed by atoms with Gasteiger partial charge in [-0.15, -0.1) is 0 Å².